The molecule has 0 spiro atoms. The lowest BCUT2D eigenvalue weighted by molar-refractivity contribution is -0.153. The van der Waals surface area contributed by atoms with Crippen molar-refractivity contribution in [3.8, 4) is 0 Å². The molecule has 0 bridgehead atoms. The normalized spacial score (nSPS) is 25.5. The van der Waals surface area contributed by atoms with E-state index < -0.39 is 35.2 Å². The molecule has 0 saturated heterocycles. The number of carbonyl (C=O) groups excluding carboxylic acids is 3. The number of ether oxygens (including phenoxy) is 1. The lowest BCUT2D eigenvalue weighted by atomic mass is 9.74. The standard InChI is InChI=1S/C25H30ClNO6/c1-6-13(2)7-8-16-11-17-18(12-27(16)9-10-28)20-19(22(30)14(3)15(4)29)24(32)33-25(20,5)23(31)21(17)26/h7-8,11-15,28-29H,6,9-10H2,1-5H3/t13-,14+,15+,25-/m0/s1. The highest BCUT2D eigenvalue weighted by Gasteiger charge is 2.57. The first-order chi connectivity index (χ1) is 15.5. The third-order valence-corrected chi connectivity index (χ3v) is 6.90. The quantitative estimate of drug-likeness (QED) is 0.411. The van der Waals surface area contributed by atoms with Crippen LogP contribution < -0.4 is 0 Å². The van der Waals surface area contributed by atoms with Crippen molar-refractivity contribution in [1.82, 2.24) is 4.90 Å². The van der Waals surface area contributed by atoms with Crippen LogP contribution >= 0.6 is 11.6 Å². The Morgan fingerprint density at radius 3 is 2.55 bits per heavy atom. The molecule has 33 heavy (non-hydrogen) atoms. The number of aliphatic hydroxyl groups excluding tert-OH is 2. The van der Waals surface area contributed by atoms with Gasteiger partial charge in [0.05, 0.1) is 17.7 Å². The number of halogens is 1. The second-order valence-corrected chi connectivity index (χ2v) is 9.27. The van der Waals surface area contributed by atoms with Crippen molar-refractivity contribution in [2.75, 3.05) is 13.2 Å². The molecule has 0 aromatic rings. The van der Waals surface area contributed by atoms with Crippen molar-refractivity contribution in [2.45, 2.75) is 52.7 Å². The smallest absolute Gasteiger partial charge is 0.343 e. The van der Waals surface area contributed by atoms with Gasteiger partial charge in [0.2, 0.25) is 5.78 Å². The molecule has 3 rings (SSSR count). The fourth-order valence-electron chi connectivity index (χ4n) is 4.02. The fraction of sp³-hybridized carbons (Fsp3) is 0.480. The highest BCUT2D eigenvalue weighted by molar-refractivity contribution is 6.46. The molecule has 2 heterocycles. The summed E-state index contributed by atoms with van der Waals surface area (Å²) in [4.78, 5) is 41.0. The van der Waals surface area contributed by atoms with E-state index in [0.717, 1.165) is 6.42 Å². The van der Waals surface area contributed by atoms with E-state index in [4.69, 9.17) is 16.3 Å². The summed E-state index contributed by atoms with van der Waals surface area (Å²) in [6, 6.07) is 0. The number of rotatable bonds is 8. The van der Waals surface area contributed by atoms with Gasteiger partial charge in [-0.2, -0.15) is 0 Å². The number of Topliss-reactive ketones (excluding diaryl/α,β-unsaturated/α-hetero) is 2. The topological polar surface area (TPSA) is 104 Å². The van der Waals surface area contributed by atoms with Gasteiger partial charge in [0.1, 0.15) is 5.57 Å². The predicted octanol–water partition coefficient (Wildman–Crippen LogP) is 2.94. The van der Waals surface area contributed by atoms with Crippen molar-refractivity contribution in [2.24, 2.45) is 11.8 Å². The molecule has 3 aliphatic rings. The van der Waals surface area contributed by atoms with Crippen molar-refractivity contribution < 1.29 is 29.3 Å². The van der Waals surface area contributed by atoms with Gasteiger partial charge in [-0.05, 0) is 31.9 Å². The van der Waals surface area contributed by atoms with Crippen LogP contribution in [0.1, 0.15) is 41.0 Å². The van der Waals surface area contributed by atoms with Crippen LogP contribution in [-0.2, 0) is 19.1 Å². The minimum Gasteiger partial charge on any atom is -0.442 e. The van der Waals surface area contributed by atoms with E-state index in [1.165, 1.54) is 20.8 Å². The van der Waals surface area contributed by atoms with Crippen molar-refractivity contribution >= 4 is 29.1 Å². The summed E-state index contributed by atoms with van der Waals surface area (Å²) in [6.45, 7) is 8.67. The van der Waals surface area contributed by atoms with Crippen LogP contribution in [0.3, 0.4) is 0 Å². The van der Waals surface area contributed by atoms with E-state index in [2.05, 4.69) is 13.8 Å². The Bertz CT molecular complexity index is 1050. The van der Waals surface area contributed by atoms with Gasteiger partial charge in [0.15, 0.2) is 11.4 Å². The number of aliphatic hydroxyl groups is 2. The molecule has 0 unspecified atom stereocenters. The Balaban J connectivity index is 2.25. The molecule has 0 amide bonds. The minimum absolute atomic E-state index is 0.0873. The lowest BCUT2D eigenvalue weighted by Gasteiger charge is -2.36. The molecule has 0 aromatic heterocycles. The van der Waals surface area contributed by atoms with Crippen LogP contribution in [0.25, 0.3) is 0 Å². The second-order valence-electron chi connectivity index (χ2n) is 8.90. The number of nitrogens with zero attached hydrogens (tertiary/aromatic N) is 1. The van der Waals surface area contributed by atoms with Gasteiger partial charge in [-0.1, -0.05) is 44.9 Å². The van der Waals surface area contributed by atoms with Gasteiger partial charge in [0.25, 0.3) is 0 Å². The maximum Gasteiger partial charge on any atom is 0.343 e. The fourth-order valence-corrected chi connectivity index (χ4v) is 4.35. The molecule has 0 radical (unpaired) electrons. The van der Waals surface area contributed by atoms with E-state index in [1.807, 2.05) is 12.2 Å². The van der Waals surface area contributed by atoms with Crippen molar-refractivity contribution in [3.05, 3.63) is 57.4 Å². The van der Waals surface area contributed by atoms with E-state index >= 15 is 0 Å². The van der Waals surface area contributed by atoms with E-state index in [0.29, 0.717) is 22.8 Å². The average Bonchev–Trinajstić information content (AvgIpc) is 3.06. The number of carbonyl (C=O) groups is 3. The second kappa shape index (κ2) is 9.41. The summed E-state index contributed by atoms with van der Waals surface area (Å²) < 4.78 is 5.44. The number of ketones is 2. The van der Waals surface area contributed by atoms with Gasteiger partial charge in [-0.15, -0.1) is 0 Å². The zero-order valence-corrected chi connectivity index (χ0v) is 20.3. The van der Waals surface area contributed by atoms with E-state index in [-0.39, 0.29) is 29.3 Å². The average molecular weight is 476 g/mol. The molecule has 7 nitrogen and oxygen atoms in total. The first-order valence-electron chi connectivity index (χ1n) is 11.1. The summed E-state index contributed by atoms with van der Waals surface area (Å²) >= 11 is 6.48. The van der Waals surface area contributed by atoms with Crippen molar-refractivity contribution in [3.63, 3.8) is 0 Å². The number of hydrogen-bond donors (Lipinski definition) is 2. The van der Waals surface area contributed by atoms with E-state index in [1.54, 1.807) is 17.2 Å². The molecule has 4 atom stereocenters. The summed E-state index contributed by atoms with van der Waals surface area (Å²) in [5, 5.41) is 19.5. The first kappa shape index (κ1) is 25.1. The number of hydrogen-bond acceptors (Lipinski definition) is 7. The van der Waals surface area contributed by atoms with Crippen LogP contribution in [0.15, 0.2) is 57.4 Å². The Labute approximate surface area is 198 Å². The number of fused-ring (bicyclic) bond motifs is 3. The van der Waals surface area contributed by atoms with Crippen LogP contribution in [0.2, 0.25) is 0 Å². The summed E-state index contributed by atoms with van der Waals surface area (Å²) in [5.41, 5.74) is -0.311. The lowest BCUT2D eigenvalue weighted by Crippen LogP contribution is -2.43. The van der Waals surface area contributed by atoms with Crippen LogP contribution in [0, 0.1) is 11.8 Å². The molecule has 2 N–H and O–H groups in total. The Hall–Kier alpha value is -2.48. The Morgan fingerprint density at radius 2 is 1.97 bits per heavy atom. The maximum atomic E-state index is 13.2. The zero-order chi connectivity index (χ0) is 24.7. The summed E-state index contributed by atoms with van der Waals surface area (Å²) in [7, 11) is 0. The number of β-amino-alcohol motifs (C(OH)–C–C–N with tert-alkyl or cyclic N) is 1. The van der Waals surface area contributed by atoms with Gasteiger partial charge < -0.3 is 19.8 Å². The van der Waals surface area contributed by atoms with E-state index in [9.17, 15) is 24.6 Å². The highest BCUT2D eigenvalue weighted by atomic mass is 35.5. The SMILES string of the molecule is CC[C@H](C)C=CC1=CC2=C(Cl)C(=O)[C@@]3(C)OC(=O)C(C(=O)[C@H](C)[C@@H](C)O)=C3C2=CN1CCO. The molecular weight excluding hydrogens is 446 g/mol. The zero-order valence-electron chi connectivity index (χ0n) is 19.5. The summed E-state index contributed by atoms with van der Waals surface area (Å²) in [6.07, 6.45) is 7.29. The number of esters is 1. The Kier molecular flexibility index (Phi) is 7.17. The molecule has 0 saturated carbocycles. The minimum atomic E-state index is -1.74. The third kappa shape index (κ3) is 4.25. The monoisotopic (exact) mass is 475 g/mol. The van der Waals surface area contributed by atoms with Gasteiger partial charge in [-0.25, -0.2) is 4.79 Å². The molecular formula is C25H30ClNO6. The summed E-state index contributed by atoms with van der Waals surface area (Å²) in [5.74, 6) is -2.67. The maximum absolute atomic E-state index is 13.2. The molecule has 8 heteroatoms. The van der Waals surface area contributed by atoms with Gasteiger partial charge >= 0.3 is 5.97 Å². The predicted molar refractivity (Wildman–Crippen MR) is 124 cm³/mol. The molecule has 0 fully saturated rings. The van der Waals surface area contributed by atoms with Crippen molar-refractivity contribution in [1.29, 1.82) is 0 Å². The molecule has 2 aliphatic heterocycles. The molecule has 1 aliphatic carbocycles. The first-order valence-corrected chi connectivity index (χ1v) is 11.5. The third-order valence-electron chi connectivity index (χ3n) is 6.53. The van der Waals surface area contributed by atoms with Crippen LogP contribution in [0.4, 0.5) is 0 Å². The highest BCUT2D eigenvalue weighted by Crippen LogP contribution is 2.50. The molecule has 0 aromatic carbocycles. The van der Waals surface area contributed by atoms with Crippen LogP contribution in [-0.4, -0.2) is 57.5 Å². The largest absolute Gasteiger partial charge is 0.442 e. The van der Waals surface area contributed by atoms with Gasteiger partial charge in [0, 0.05) is 41.1 Å². The van der Waals surface area contributed by atoms with Gasteiger partial charge in [-0.3, -0.25) is 9.59 Å². The number of allylic oxidation sites excluding steroid dienone is 4. The molecule has 178 valence electrons. The van der Waals surface area contributed by atoms with Crippen LogP contribution in [0.5, 0.6) is 0 Å². The Morgan fingerprint density at radius 1 is 1.30 bits per heavy atom.